The Morgan fingerprint density at radius 2 is 1.11 bits per heavy atom. The number of carbonyl (C=O) groups excluding carboxylic acids is 4. The van der Waals surface area contributed by atoms with Crippen LogP contribution in [-0.4, -0.2) is 67.7 Å². The summed E-state index contributed by atoms with van der Waals surface area (Å²) >= 11 is 0. The van der Waals surface area contributed by atoms with Crippen molar-refractivity contribution >= 4 is 31.6 Å². The van der Waals surface area contributed by atoms with Gasteiger partial charge < -0.3 is 25.0 Å². The lowest BCUT2D eigenvalue weighted by atomic mass is 10.1. The lowest BCUT2D eigenvalue weighted by Gasteiger charge is -2.20. The maximum atomic E-state index is 12.4. The molecule has 0 rings (SSSR count). The highest BCUT2D eigenvalue weighted by molar-refractivity contribution is 7.47. The second kappa shape index (κ2) is 28.5. The van der Waals surface area contributed by atoms with Crippen molar-refractivity contribution in [3.8, 4) is 0 Å². The fourth-order valence-electron chi connectivity index (χ4n) is 4.11. The molecule has 1 unspecified atom stereocenters. The Morgan fingerprint density at radius 1 is 0.614 bits per heavy atom. The first-order valence-corrected chi connectivity index (χ1v) is 18.1. The Kier molecular flexibility index (Phi) is 27.2. The van der Waals surface area contributed by atoms with Gasteiger partial charge >= 0.3 is 19.8 Å². The van der Waals surface area contributed by atoms with Crippen LogP contribution in [0.25, 0.3) is 0 Å². The van der Waals surface area contributed by atoms with Gasteiger partial charge in [0.05, 0.1) is 13.2 Å². The number of esters is 2. The highest BCUT2D eigenvalue weighted by atomic mass is 31.2. The van der Waals surface area contributed by atoms with Crippen LogP contribution in [-0.2, 0) is 42.3 Å². The molecule has 0 saturated carbocycles. The second-order valence-electron chi connectivity index (χ2n) is 11.0. The normalized spacial score (nSPS) is 13.1. The fourth-order valence-corrected chi connectivity index (χ4v) is 4.87. The van der Waals surface area contributed by atoms with E-state index in [4.69, 9.17) is 18.5 Å². The third kappa shape index (κ3) is 27.5. The lowest BCUT2D eigenvalue weighted by Crippen LogP contribution is -2.30. The number of carbonyl (C=O) groups is 4. The molecule has 2 amide bonds. The van der Waals surface area contributed by atoms with Crippen LogP contribution >= 0.6 is 7.82 Å². The van der Waals surface area contributed by atoms with E-state index >= 15 is 0 Å². The van der Waals surface area contributed by atoms with Crippen molar-refractivity contribution in [3.63, 3.8) is 0 Å². The van der Waals surface area contributed by atoms with Gasteiger partial charge in [-0.05, 0) is 19.3 Å². The van der Waals surface area contributed by atoms with Crippen LogP contribution in [0.15, 0.2) is 0 Å². The van der Waals surface area contributed by atoms with E-state index < -0.39 is 38.4 Å². The Balaban J connectivity index is 4.56. The minimum Gasteiger partial charge on any atom is -0.462 e. The van der Waals surface area contributed by atoms with Crippen LogP contribution in [0.1, 0.15) is 136 Å². The Bertz CT molecular complexity index is 827. The highest BCUT2D eigenvalue weighted by Gasteiger charge is 2.26. The third-order valence-electron chi connectivity index (χ3n) is 6.73. The summed E-state index contributed by atoms with van der Waals surface area (Å²) in [4.78, 5) is 58.3. The van der Waals surface area contributed by atoms with E-state index in [0.29, 0.717) is 19.4 Å². The van der Waals surface area contributed by atoms with Crippen molar-refractivity contribution in [2.45, 2.75) is 142 Å². The monoisotopic (exact) mass is 650 g/mol. The van der Waals surface area contributed by atoms with Crippen LogP contribution in [0, 0.1) is 0 Å². The van der Waals surface area contributed by atoms with Crippen molar-refractivity contribution in [2.75, 3.05) is 32.9 Å². The van der Waals surface area contributed by atoms with Gasteiger partial charge in [-0.25, -0.2) is 4.57 Å². The van der Waals surface area contributed by atoms with E-state index in [0.717, 1.165) is 77.0 Å². The van der Waals surface area contributed by atoms with E-state index in [1.807, 2.05) is 0 Å². The number of amides is 2. The molecule has 0 bridgehead atoms. The zero-order chi connectivity index (χ0) is 32.9. The number of nitrogens with one attached hydrogen (secondary N) is 2. The number of unbranched alkanes of at least 4 members (excludes halogenated alkanes) is 11. The number of hydrogen-bond acceptors (Lipinski definition) is 9. The summed E-state index contributed by atoms with van der Waals surface area (Å²) < 4.78 is 33.0. The van der Waals surface area contributed by atoms with Gasteiger partial charge in [-0.1, -0.05) is 91.4 Å². The SMILES string of the molecule is CCCCCCCCC(=O)O[C@H](COC(=O)CCCCCCC)COP(=O)(O)OCCNC(=O)CCC(=O)NCCCCC. The molecular weight excluding hydrogens is 591 g/mol. The first kappa shape index (κ1) is 42.0. The van der Waals surface area contributed by atoms with Crippen LogP contribution in [0.5, 0.6) is 0 Å². The minimum atomic E-state index is -4.56. The lowest BCUT2D eigenvalue weighted by molar-refractivity contribution is -0.161. The summed E-state index contributed by atoms with van der Waals surface area (Å²) in [5.74, 6) is -1.54. The molecule has 258 valence electrons. The van der Waals surface area contributed by atoms with Gasteiger partial charge in [0, 0.05) is 38.8 Å². The predicted octanol–water partition coefficient (Wildman–Crippen LogP) is 5.89. The second-order valence-corrected chi connectivity index (χ2v) is 12.4. The molecule has 0 fully saturated rings. The average molecular weight is 651 g/mol. The minimum absolute atomic E-state index is 0.0177. The molecule has 0 aromatic carbocycles. The van der Waals surface area contributed by atoms with Crippen molar-refractivity contribution < 1.29 is 47.2 Å². The number of rotatable bonds is 30. The first-order chi connectivity index (χ1) is 21.1. The number of hydrogen-bond donors (Lipinski definition) is 3. The van der Waals surface area contributed by atoms with Crippen LogP contribution in [0.3, 0.4) is 0 Å². The summed E-state index contributed by atoms with van der Waals surface area (Å²) in [5, 5.41) is 5.27. The molecule has 0 spiro atoms. The molecule has 0 radical (unpaired) electrons. The van der Waals surface area contributed by atoms with Gasteiger partial charge in [-0.2, -0.15) is 0 Å². The van der Waals surface area contributed by atoms with E-state index in [2.05, 4.69) is 31.4 Å². The third-order valence-corrected chi connectivity index (χ3v) is 7.72. The zero-order valence-electron chi connectivity index (χ0n) is 27.4. The van der Waals surface area contributed by atoms with Gasteiger partial charge in [0.2, 0.25) is 11.8 Å². The molecule has 13 heteroatoms. The van der Waals surface area contributed by atoms with Crippen molar-refractivity contribution in [1.29, 1.82) is 0 Å². The molecule has 44 heavy (non-hydrogen) atoms. The molecule has 0 heterocycles. The topological polar surface area (TPSA) is 167 Å². The van der Waals surface area contributed by atoms with Crippen LogP contribution in [0.4, 0.5) is 0 Å². The summed E-state index contributed by atoms with van der Waals surface area (Å²) in [6, 6.07) is 0. The predicted molar refractivity (Wildman–Crippen MR) is 169 cm³/mol. The molecule has 12 nitrogen and oxygen atoms in total. The fraction of sp³-hybridized carbons (Fsp3) is 0.871. The standard InChI is InChI=1S/C31H59N2O10P/c1-4-7-10-12-14-16-19-31(37)43-27(25-40-30(36)18-15-13-11-8-5-2)26-42-44(38,39)41-24-23-33-29(35)21-20-28(34)32-22-17-9-6-3/h27H,4-26H2,1-3H3,(H,32,34)(H,33,35)(H,38,39)/t27-/m1/s1. The molecule has 3 N–H and O–H groups in total. The molecule has 0 aliphatic carbocycles. The highest BCUT2D eigenvalue weighted by Crippen LogP contribution is 2.43. The van der Waals surface area contributed by atoms with E-state index in [1.54, 1.807) is 0 Å². The summed E-state index contributed by atoms with van der Waals surface area (Å²) in [6.07, 6.45) is 13.2. The van der Waals surface area contributed by atoms with Crippen LogP contribution < -0.4 is 10.6 Å². The Morgan fingerprint density at radius 3 is 1.70 bits per heavy atom. The Labute approximate surface area is 264 Å². The van der Waals surface area contributed by atoms with Crippen molar-refractivity contribution in [3.05, 3.63) is 0 Å². The number of phosphoric acid groups is 1. The van der Waals surface area contributed by atoms with Gasteiger partial charge in [-0.15, -0.1) is 0 Å². The number of ether oxygens (including phenoxy) is 2. The quantitative estimate of drug-likeness (QED) is 0.0485. The van der Waals surface area contributed by atoms with Gasteiger partial charge in [0.25, 0.3) is 0 Å². The summed E-state index contributed by atoms with van der Waals surface area (Å²) in [7, 11) is -4.56. The Hall–Kier alpha value is -2.01. The molecule has 0 aromatic heterocycles. The van der Waals surface area contributed by atoms with Crippen molar-refractivity contribution in [2.24, 2.45) is 0 Å². The molecular formula is C31H59N2O10P. The van der Waals surface area contributed by atoms with E-state index in [-0.39, 0.29) is 51.3 Å². The first-order valence-electron chi connectivity index (χ1n) is 16.6. The van der Waals surface area contributed by atoms with E-state index in [1.165, 1.54) is 0 Å². The molecule has 0 aliphatic rings. The maximum Gasteiger partial charge on any atom is 0.472 e. The van der Waals surface area contributed by atoms with Gasteiger partial charge in [0.15, 0.2) is 6.10 Å². The van der Waals surface area contributed by atoms with Crippen molar-refractivity contribution in [1.82, 2.24) is 10.6 Å². The molecule has 0 aliphatic heterocycles. The molecule has 0 saturated heterocycles. The summed E-state index contributed by atoms with van der Waals surface area (Å²) in [6.45, 7) is 5.68. The molecule has 2 atom stereocenters. The zero-order valence-corrected chi connectivity index (χ0v) is 28.3. The average Bonchev–Trinajstić information content (AvgIpc) is 2.99. The van der Waals surface area contributed by atoms with Gasteiger partial charge in [-0.3, -0.25) is 28.2 Å². The van der Waals surface area contributed by atoms with E-state index in [9.17, 15) is 28.6 Å². The van der Waals surface area contributed by atoms with Gasteiger partial charge in [0.1, 0.15) is 6.61 Å². The van der Waals surface area contributed by atoms with Crippen LogP contribution in [0.2, 0.25) is 0 Å². The summed E-state index contributed by atoms with van der Waals surface area (Å²) in [5.41, 5.74) is 0. The maximum absolute atomic E-state index is 12.4. The molecule has 0 aromatic rings. The smallest absolute Gasteiger partial charge is 0.462 e. The number of phosphoric ester groups is 1. The largest absolute Gasteiger partial charge is 0.472 e.